The summed E-state index contributed by atoms with van der Waals surface area (Å²) < 4.78 is 13.5. The monoisotopic (exact) mass is 284 g/mol. The van der Waals surface area contributed by atoms with E-state index in [1.165, 1.54) is 12.1 Å². The van der Waals surface area contributed by atoms with Crippen LogP contribution in [0.5, 0.6) is 0 Å². The van der Waals surface area contributed by atoms with E-state index in [-0.39, 0.29) is 12.1 Å². The third-order valence-electron chi connectivity index (χ3n) is 2.92. The lowest BCUT2D eigenvalue weighted by Crippen LogP contribution is -2.36. The zero-order valence-corrected chi connectivity index (χ0v) is 11.5. The molecule has 2 N–H and O–H groups in total. The third kappa shape index (κ3) is 3.91. The van der Waals surface area contributed by atoms with Crippen LogP contribution in [0.15, 0.2) is 18.2 Å². The largest absolute Gasteiger partial charge is 0.481 e. The van der Waals surface area contributed by atoms with Gasteiger partial charge in [0.2, 0.25) is 5.82 Å². The van der Waals surface area contributed by atoms with E-state index in [4.69, 9.17) is 5.11 Å². The van der Waals surface area contributed by atoms with Crippen molar-refractivity contribution in [3.8, 4) is 0 Å². The molecule has 0 aliphatic carbocycles. The molecule has 20 heavy (non-hydrogen) atoms. The molecular formula is C13H17FN2O4. The van der Waals surface area contributed by atoms with E-state index in [9.17, 15) is 19.3 Å². The number of benzene rings is 1. The molecule has 1 unspecified atom stereocenters. The van der Waals surface area contributed by atoms with Crippen molar-refractivity contribution in [3.63, 3.8) is 0 Å². The predicted molar refractivity (Wildman–Crippen MR) is 72.2 cm³/mol. The number of aliphatic carboxylic acids is 1. The second kappa shape index (κ2) is 5.85. The molecule has 1 aromatic rings. The van der Waals surface area contributed by atoms with Crippen molar-refractivity contribution < 1.29 is 19.2 Å². The summed E-state index contributed by atoms with van der Waals surface area (Å²) >= 11 is 0. The third-order valence-corrected chi connectivity index (χ3v) is 2.92. The van der Waals surface area contributed by atoms with Crippen LogP contribution in [0.2, 0.25) is 0 Å². The lowest BCUT2D eigenvalue weighted by Gasteiger charge is -2.31. The van der Waals surface area contributed by atoms with Gasteiger partial charge in [0.1, 0.15) is 5.69 Å². The minimum Gasteiger partial charge on any atom is -0.481 e. The summed E-state index contributed by atoms with van der Waals surface area (Å²) in [6.45, 7) is 5.41. The van der Waals surface area contributed by atoms with Gasteiger partial charge in [0, 0.05) is 6.04 Å². The number of nitrogens with one attached hydrogen (secondary N) is 1. The van der Waals surface area contributed by atoms with Crippen molar-refractivity contribution in [2.75, 3.05) is 5.32 Å². The zero-order valence-electron chi connectivity index (χ0n) is 11.5. The van der Waals surface area contributed by atoms with Crippen molar-refractivity contribution in [1.82, 2.24) is 0 Å². The molecule has 6 nitrogen and oxygen atoms in total. The Hall–Kier alpha value is -2.18. The first kappa shape index (κ1) is 15.9. The van der Waals surface area contributed by atoms with Crippen LogP contribution in [0.25, 0.3) is 0 Å². The molecule has 1 atom stereocenters. The highest BCUT2D eigenvalue weighted by atomic mass is 19.1. The van der Waals surface area contributed by atoms with Crippen LogP contribution in [0.3, 0.4) is 0 Å². The Morgan fingerprint density at radius 2 is 2.10 bits per heavy atom. The fourth-order valence-corrected chi connectivity index (χ4v) is 1.75. The highest BCUT2D eigenvalue weighted by molar-refractivity contribution is 5.70. The van der Waals surface area contributed by atoms with Gasteiger partial charge in [0.15, 0.2) is 0 Å². The summed E-state index contributed by atoms with van der Waals surface area (Å²) in [4.78, 5) is 21.0. The van der Waals surface area contributed by atoms with E-state index < -0.39 is 33.9 Å². The maximum atomic E-state index is 13.5. The molecule has 0 fully saturated rings. The molecular weight excluding hydrogens is 267 g/mol. The van der Waals surface area contributed by atoms with Crippen molar-refractivity contribution in [1.29, 1.82) is 0 Å². The minimum absolute atomic E-state index is 0.0174. The number of carboxylic acids is 1. The number of nitrogens with zero attached hydrogens (tertiary/aromatic N) is 1. The van der Waals surface area contributed by atoms with Crippen LogP contribution >= 0.6 is 0 Å². The first-order valence-corrected chi connectivity index (χ1v) is 6.04. The van der Waals surface area contributed by atoms with Crippen LogP contribution in [0.1, 0.15) is 27.2 Å². The quantitative estimate of drug-likeness (QED) is 0.640. The van der Waals surface area contributed by atoms with Gasteiger partial charge in [0.05, 0.1) is 11.3 Å². The summed E-state index contributed by atoms with van der Waals surface area (Å²) in [5, 5.41) is 22.6. The lowest BCUT2D eigenvalue weighted by atomic mass is 9.84. The first-order chi connectivity index (χ1) is 9.12. The molecule has 0 saturated heterocycles. The van der Waals surface area contributed by atoms with E-state index in [1.807, 2.05) is 0 Å². The van der Waals surface area contributed by atoms with Gasteiger partial charge in [-0.25, -0.2) is 0 Å². The molecule has 0 radical (unpaired) electrons. The number of rotatable bonds is 5. The summed E-state index contributed by atoms with van der Waals surface area (Å²) in [5.41, 5.74) is -1.15. The molecule has 110 valence electrons. The van der Waals surface area contributed by atoms with Crippen molar-refractivity contribution in [2.24, 2.45) is 5.41 Å². The number of carboxylic acid groups (broad SMARTS) is 1. The summed E-state index contributed by atoms with van der Waals surface area (Å²) in [6, 6.07) is 3.13. The van der Waals surface area contributed by atoms with Gasteiger partial charge >= 0.3 is 11.7 Å². The van der Waals surface area contributed by atoms with Crippen molar-refractivity contribution in [3.05, 3.63) is 34.1 Å². The first-order valence-electron chi connectivity index (χ1n) is 6.04. The number of nitro benzene ring substituents is 1. The summed E-state index contributed by atoms with van der Waals surface area (Å²) in [6.07, 6.45) is -0.225. The fourth-order valence-electron chi connectivity index (χ4n) is 1.75. The average molecular weight is 284 g/mol. The second-order valence-electron chi connectivity index (χ2n) is 5.55. The van der Waals surface area contributed by atoms with E-state index in [1.54, 1.807) is 20.8 Å². The Kier molecular flexibility index (Phi) is 4.65. The van der Waals surface area contributed by atoms with E-state index >= 15 is 0 Å². The number of hydrogen-bond acceptors (Lipinski definition) is 4. The molecule has 0 heterocycles. The Balaban J connectivity index is 3.15. The van der Waals surface area contributed by atoms with Gasteiger partial charge < -0.3 is 10.4 Å². The molecule has 1 aromatic carbocycles. The molecule has 0 aliphatic heterocycles. The number of carbonyl (C=O) groups is 1. The maximum absolute atomic E-state index is 13.5. The van der Waals surface area contributed by atoms with E-state index in [0.29, 0.717) is 0 Å². The fraction of sp³-hybridized carbons (Fsp3) is 0.462. The second-order valence-corrected chi connectivity index (χ2v) is 5.55. The number of nitro groups is 1. The Morgan fingerprint density at radius 3 is 2.55 bits per heavy atom. The lowest BCUT2D eigenvalue weighted by molar-refractivity contribution is -0.386. The highest BCUT2D eigenvalue weighted by Gasteiger charge is 2.30. The van der Waals surface area contributed by atoms with Gasteiger partial charge in [-0.3, -0.25) is 14.9 Å². The SMILES string of the molecule is CC(C)(C)C(CC(=O)O)Nc1cccc(F)c1[N+](=O)[O-]. The zero-order chi connectivity index (χ0) is 15.5. The molecule has 0 aromatic heterocycles. The number of anilines is 1. The number of halogens is 1. The molecule has 1 rings (SSSR count). The van der Waals surface area contributed by atoms with Crippen molar-refractivity contribution >= 4 is 17.3 Å². The smallest absolute Gasteiger partial charge is 0.327 e. The molecule has 0 bridgehead atoms. The average Bonchev–Trinajstić information content (AvgIpc) is 2.25. The van der Waals surface area contributed by atoms with Crippen LogP contribution in [-0.4, -0.2) is 22.0 Å². The maximum Gasteiger partial charge on any atom is 0.327 e. The van der Waals surface area contributed by atoms with Gasteiger partial charge in [-0.15, -0.1) is 0 Å². The molecule has 0 aliphatic rings. The Bertz CT molecular complexity index is 526. The Labute approximate surface area is 115 Å². The van der Waals surface area contributed by atoms with Gasteiger partial charge in [0.25, 0.3) is 0 Å². The standard InChI is InChI=1S/C13H17FN2O4/c1-13(2,3)10(7-11(17)18)15-9-6-4-5-8(14)12(9)16(19)20/h4-6,10,15H,7H2,1-3H3,(H,17,18). The number of hydrogen-bond donors (Lipinski definition) is 2. The van der Waals surface area contributed by atoms with Crippen LogP contribution in [-0.2, 0) is 4.79 Å². The van der Waals surface area contributed by atoms with Gasteiger partial charge in [-0.1, -0.05) is 26.8 Å². The van der Waals surface area contributed by atoms with Gasteiger partial charge in [-0.05, 0) is 17.5 Å². The summed E-state index contributed by atoms with van der Waals surface area (Å²) in [5.74, 6) is -1.99. The van der Waals surface area contributed by atoms with E-state index in [2.05, 4.69) is 5.32 Å². The normalized spacial score (nSPS) is 12.8. The predicted octanol–water partition coefficient (Wildman–Crippen LogP) is 3.04. The molecule has 7 heteroatoms. The van der Waals surface area contributed by atoms with E-state index in [0.717, 1.165) is 6.07 Å². The minimum atomic E-state index is -1.03. The topological polar surface area (TPSA) is 92.5 Å². The van der Waals surface area contributed by atoms with Crippen LogP contribution < -0.4 is 5.32 Å². The molecule has 0 saturated carbocycles. The van der Waals surface area contributed by atoms with Gasteiger partial charge in [-0.2, -0.15) is 4.39 Å². The Morgan fingerprint density at radius 1 is 1.50 bits per heavy atom. The molecule has 0 amide bonds. The highest BCUT2D eigenvalue weighted by Crippen LogP contribution is 2.32. The van der Waals surface area contributed by atoms with Crippen molar-refractivity contribution in [2.45, 2.75) is 33.2 Å². The number of para-hydroxylation sites is 1. The van der Waals surface area contributed by atoms with Crippen LogP contribution in [0, 0.1) is 21.3 Å². The molecule has 0 spiro atoms. The summed E-state index contributed by atoms with van der Waals surface area (Å²) in [7, 11) is 0. The van der Waals surface area contributed by atoms with Crippen LogP contribution in [0.4, 0.5) is 15.8 Å².